The lowest BCUT2D eigenvalue weighted by Crippen LogP contribution is -2.12. The lowest BCUT2D eigenvalue weighted by Gasteiger charge is -2.05. The van der Waals surface area contributed by atoms with Crippen molar-refractivity contribution in [3.05, 3.63) is 0 Å². The van der Waals surface area contributed by atoms with Crippen LogP contribution in [0.4, 0.5) is 0 Å². The van der Waals surface area contributed by atoms with Crippen molar-refractivity contribution >= 4 is 9.84 Å². The fourth-order valence-corrected chi connectivity index (χ4v) is 3.26. The highest BCUT2D eigenvalue weighted by Gasteiger charge is 2.27. The largest absolute Gasteiger partial charge is 0.229 e. The summed E-state index contributed by atoms with van der Waals surface area (Å²) in [4.78, 5) is 0. The Morgan fingerprint density at radius 1 is 1.31 bits per heavy atom. The summed E-state index contributed by atoms with van der Waals surface area (Å²) in [5.41, 5.74) is 0. The summed E-state index contributed by atoms with van der Waals surface area (Å²) < 4.78 is 22.9. The Bertz CT molecular complexity index is 238. The molecule has 1 rings (SSSR count). The smallest absolute Gasteiger partial charge is 0.150 e. The van der Waals surface area contributed by atoms with Gasteiger partial charge in [-0.15, -0.1) is 0 Å². The molecule has 1 aliphatic carbocycles. The molecular weight excluding hydrogens is 184 g/mol. The average Bonchev–Trinajstić information content (AvgIpc) is 2.68. The van der Waals surface area contributed by atoms with Gasteiger partial charge in [0.15, 0.2) is 9.84 Å². The summed E-state index contributed by atoms with van der Waals surface area (Å²) in [6, 6.07) is 0. The van der Waals surface area contributed by atoms with Crippen LogP contribution in [0.25, 0.3) is 0 Å². The summed E-state index contributed by atoms with van der Waals surface area (Å²) in [6.45, 7) is 4.26. The quantitative estimate of drug-likeness (QED) is 0.665. The van der Waals surface area contributed by atoms with Gasteiger partial charge in [-0.25, -0.2) is 8.42 Å². The second-order valence-electron chi connectivity index (χ2n) is 4.59. The number of rotatable bonds is 6. The van der Waals surface area contributed by atoms with Gasteiger partial charge in [0.25, 0.3) is 0 Å². The molecule has 0 saturated heterocycles. The topological polar surface area (TPSA) is 34.1 Å². The average molecular weight is 204 g/mol. The van der Waals surface area contributed by atoms with Crippen molar-refractivity contribution in [2.75, 3.05) is 11.5 Å². The van der Waals surface area contributed by atoms with Crippen LogP contribution in [0.1, 0.15) is 39.5 Å². The van der Waals surface area contributed by atoms with Crippen LogP contribution >= 0.6 is 0 Å². The molecule has 0 bridgehead atoms. The molecule has 2 nitrogen and oxygen atoms in total. The molecule has 0 aromatic carbocycles. The Labute approximate surface area is 81.6 Å². The van der Waals surface area contributed by atoms with Gasteiger partial charge >= 0.3 is 0 Å². The molecular formula is C10H20O2S. The van der Waals surface area contributed by atoms with Gasteiger partial charge in [-0.1, -0.05) is 20.3 Å². The monoisotopic (exact) mass is 204 g/mol. The van der Waals surface area contributed by atoms with Crippen LogP contribution in [0.15, 0.2) is 0 Å². The molecule has 0 amide bonds. The molecule has 78 valence electrons. The van der Waals surface area contributed by atoms with Crippen molar-refractivity contribution in [3.63, 3.8) is 0 Å². The molecule has 1 aliphatic rings. The minimum atomic E-state index is -2.71. The molecule has 1 saturated carbocycles. The van der Waals surface area contributed by atoms with E-state index in [1.807, 2.05) is 0 Å². The zero-order valence-corrected chi connectivity index (χ0v) is 9.44. The van der Waals surface area contributed by atoms with Crippen molar-refractivity contribution in [2.24, 2.45) is 11.8 Å². The molecule has 0 aromatic rings. The van der Waals surface area contributed by atoms with Gasteiger partial charge in [0.1, 0.15) is 0 Å². The molecule has 0 aliphatic heterocycles. The predicted molar refractivity (Wildman–Crippen MR) is 55.4 cm³/mol. The Morgan fingerprint density at radius 2 is 1.92 bits per heavy atom. The van der Waals surface area contributed by atoms with Gasteiger partial charge in [0.2, 0.25) is 0 Å². The lowest BCUT2D eigenvalue weighted by atomic mass is 10.1. The summed E-state index contributed by atoms with van der Waals surface area (Å²) >= 11 is 0. The molecule has 0 aromatic heterocycles. The highest BCUT2D eigenvalue weighted by molar-refractivity contribution is 7.91. The van der Waals surface area contributed by atoms with Gasteiger partial charge in [-0.2, -0.15) is 0 Å². The zero-order valence-electron chi connectivity index (χ0n) is 8.62. The van der Waals surface area contributed by atoms with Crippen LogP contribution in [0.5, 0.6) is 0 Å². The van der Waals surface area contributed by atoms with Crippen molar-refractivity contribution in [1.29, 1.82) is 0 Å². The van der Waals surface area contributed by atoms with Gasteiger partial charge in [0.05, 0.1) is 11.5 Å². The minimum Gasteiger partial charge on any atom is -0.229 e. The van der Waals surface area contributed by atoms with E-state index >= 15 is 0 Å². The van der Waals surface area contributed by atoms with E-state index in [-0.39, 0.29) is 0 Å². The molecule has 0 spiro atoms. The standard InChI is InChI=1S/C10H20O2S/c1-9(2)4-3-7-13(11,12)8-10-5-6-10/h9-10H,3-8H2,1-2H3. The SMILES string of the molecule is CC(C)CCCS(=O)(=O)CC1CC1. The molecule has 0 unspecified atom stereocenters. The van der Waals surface area contributed by atoms with Crippen LogP contribution in [-0.2, 0) is 9.84 Å². The van der Waals surface area contributed by atoms with Gasteiger partial charge in [0, 0.05) is 0 Å². The first-order valence-corrected chi connectivity index (χ1v) is 7.02. The fraction of sp³-hybridized carbons (Fsp3) is 1.00. The summed E-state index contributed by atoms with van der Waals surface area (Å²) in [5.74, 6) is 1.98. The highest BCUT2D eigenvalue weighted by atomic mass is 32.2. The van der Waals surface area contributed by atoms with Crippen LogP contribution in [-0.4, -0.2) is 19.9 Å². The molecule has 0 heterocycles. The number of hydrogen-bond donors (Lipinski definition) is 0. The lowest BCUT2D eigenvalue weighted by molar-refractivity contribution is 0.558. The first-order chi connectivity index (χ1) is 5.99. The van der Waals surface area contributed by atoms with Gasteiger partial charge in [-0.3, -0.25) is 0 Å². The highest BCUT2D eigenvalue weighted by Crippen LogP contribution is 2.30. The van der Waals surface area contributed by atoms with E-state index in [4.69, 9.17) is 0 Å². The molecule has 0 N–H and O–H groups in total. The molecule has 13 heavy (non-hydrogen) atoms. The van der Waals surface area contributed by atoms with Crippen LogP contribution in [0.3, 0.4) is 0 Å². The van der Waals surface area contributed by atoms with Crippen molar-refractivity contribution in [2.45, 2.75) is 39.5 Å². The third-order valence-electron chi connectivity index (χ3n) is 2.42. The Morgan fingerprint density at radius 3 is 2.38 bits per heavy atom. The van der Waals surface area contributed by atoms with E-state index in [9.17, 15) is 8.42 Å². The van der Waals surface area contributed by atoms with E-state index in [1.54, 1.807) is 0 Å². The zero-order chi connectivity index (χ0) is 9.90. The van der Waals surface area contributed by atoms with E-state index in [0.29, 0.717) is 23.3 Å². The normalized spacial score (nSPS) is 18.1. The summed E-state index contributed by atoms with van der Waals surface area (Å²) in [7, 11) is -2.71. The van der Waals surface area contributed by atoms with Crippen molar-refractivity contribution in [3.8, 4) is 0 Å². The minimum absolute atomic E-state index is 0.404. The fourth-order valence-electron chi connectivity index (χ4n) is 1.44. The summed E-state index contributed by atoms with van der Waals surface area (Å²) in [5, 5.41) is 0. The third kappa shape index (κ3) is 5.29. The predicted octanol–water partition coefficient (Wildman–Crippen LogP) is 2.25. The summed E-state index contributed by atoms with van der Waals surface area (Å²) in [6.07, 6.45) is 4.13. The third-order valence-corrected chi connectivity index (χ3v) is 4.31. The van der Waals surface area contributed by atoms with E-state index in [2.05, 4.69) is 13.8 Å². The van der Waals surface area contributed by atoms with Crippen molar-refractivity contribution < 1.29 is 8.42 Å². The Kier molecular flexibility index (Phi) is 3.77. The Hall–Kier alpha value is -0.0500. The van der Waals surface area contributed by atoms with Gasteiger partial charge in [-0.05, 0) is 31.1 Å². The molecule has 3 heteroatoms. The molecule has 1 fully saturated rings. The van der Waals surface area contributed by atoms with Crippen LogP contribution < -0.4 is 0 Å². The first-order valence-electron chi connectivity index (χ1n) is 5.20. The van der Waals surface area contributed by atoms with E-state index in [0.717, 1.165) is 25.7 Å². The van der Waals surface area contributed by atoms with Crippen LogP contribution in [0.2, 0.25) is 0 Å². The second kappa shape index (κ2) is 4.45. The van der Waals surface area contributed by atoms with E-state index in [1.165, 1.54) is 0 Å². The number of sulfone groups is 1. The maximum absolute atomic E-state index is 11.5. The van der Waals surface area contributed by atoms with Crippen molar-refractivity contribution in [1.82, 2.24) is 0 Å². The van der Waals surface area contributed by atoms with E-state index < -0.39 is 9.84 Å². The maximum Gasteiger partial charge on any atom is 0.150 e. The van der Waals surface area contributed by atoms with Crippen LogP contribution in [0, 0.1) is 11.8 Å². The Balaban J connectivity index is 2.17. The first kappa shape index (κ1) is 11.0. The van der Waals surface area contributed by atoms with Gasteiger partial charge < -0.3 is 0 Å². The second-order valence-corrected chi connectivity index (χ2v) is 6.82. The molecule has 0 radical (unpaired) electrons. The molecule has 0 atom stereocenters. The maximum atomic E-state index is 11.5. The number of hydrogen-bond acceptors (Lipinski definition) is 2.